The molecule has 2 rings (SSSR count). The maximum absolute atomic E-state index is 11.8. The molecule has 0 saturated heterocycles. The topological polar surface area (TPSA) is 123 Å². The summed E-state index contributed by atoms with van der Waals surface area (Å²) in [4.78, 5) is 11.8. The summed E-state index contributed by atoms with van der Waals surface area (Å²) < 4.78 is 9.86. The third-order valence-electron chi connectivity index (χ3n) is 2.28. The number of hydrogen-bond acceptors (Lipinski definition) is 6. The van der Waals surface area contributed by atoms with Crippen LogP contribution >= 0.6 is 0 Å². The fourth-order valence-electron chi connectivity index (χ4n) is 1.37. The van der Waals surface area contributed by atoms with Crippen LogP contribution in [0.5, 0.6) is 5.75 Å². The maximum Gasteiger partial charge on any atom is 0.277 e. The first-order chi connectivity index (χ1) is 9.69. The summed E-state index contributed by atoms with van der Waals surface area (Å²) in [7, 11) is 0. The minimum atomic E-state index is -0.396. The van der Waals surface area contributed by atoms with Gasteiger partial charge >= 0.3 is 0 Å². The Balaban J connectivity index is 2.01. The van der Waals surface area contributed by atoms with Crippen molar-refractivity contribution in [3.05, 3.63) is 42.3 Å². The molecule has 0 aliphatic carbocycles. The molecule has 0 unspecified atom stereocenters. The lowest BCUT2D eigenvalue weighted by Crippen LogP contribution is -2.20. The second-order valence-corrected chi connectivity index (χ2v) is 3.75. The molecule has 0 atom stereocenters. The highest BCUT2D eigenvalue weighted by molar-refractivity contribution is 6.02. The van der Waals surface area contributed by atoms with E-state index in [1.54, 1.807) is 24.3 Å². The first kappa shape index (κ1) is 13.4. The van der Waals surface area contributed by atoms with Crippen LogP contribution < -0.4 is 15.8 Å². The zero-order valence-electron chi connectivity index (χ0n) is 10.3. The van der Waals surface area contributed by atoms with Gasteiger partial charge in [0.25, 0.3) is 5.91 Å². The SMILES string of the molecule is NC(COc1cccc(NC(=O)c2ccon2)c1)=NO. The number of benzene rings is 1. The van der Waals surface area contributed by atoms with Gasteiger partial charge in [-0.05, 0) is 12.1 Å². The van der Waals surface area contributed by atoms with Crippen molar-refractivity contribution in [1.82, 2.24) is 5.16 Å². The van der Waals surface area contributed by atoms with Crippen LogP contribution in [-0.4, -0.2) is 28.7 Å². The van der Waals surface area contributed by atoms with Gasteiger partial charge in [0.2, 0.25) is 0 Å². The standard InChI is InChI=1S/C12H12N4O4/c13-11(15-18)7-19-9-3-1-2-8(6-9)14-12(17)10-4-5-20-16-10/h1-6,18H,7H2,(H2,13,15)(H,14,17). The molecule has 4 N–H and O–H groups in total. The van der Waals surface area contributed by atoms with Gasteiger partial charge in [0.1, 0.15) is 18.6 Å². The Kier molecular flexibility index (Phi) is 4.17. The van der Waals surface area contributed by atoms with E-state index in [-0.39, 0.29) is 18.1 Å². The lowest BCUT2D eigenvalue weighted by Gasteiger charge is -2.07. The van der Waals surface area contributed by atoms with Crippen molar-refractivity contribution < 1.29 is 19.3 Å². The minimum absolute atomic E-state index is 0.0537. The Morgan fingerprint density at radius 2 is 2.35 bits per heavy atom. The van der Waals surface area contributed by atoms with E-state index in [9.17, 15) is 4.79 Å². The Labute approximate surface area is 113 Å². The number of aromatic nitrogens is 1. The molecule has 1 aromatic heterocycles. The van der Waals surface area contributed by atoms with Crippen molar-refractivity contribution in [1.29, 1.82) is 0 Å². The lowest BCUT2D eigenvalue weighted by molar-refractivity contribution is 0.101. The first-order valence-corrected chi connectivity index (χ1v) is 5.60. The number of nitrogens with one attached hydrogen (secondary N) is 1. The summed E-state index contributed by atoms with van der Waals surface area (Å²) in [6.07, 6.45) is 1.31. The van der Waals surface area contributed by atoms with Gasteiger partial charge in [0.05, 0.1) is 0 Å². The summed E-state index contributed by atoms with van der Waals surface area (Å²) in [5.41, 5.74) is 5.99. The fraction of sp³-hybridized carbons (Fsp3) is 0.0833. The summed E-state index contributed by atoms with van der Waals surface area (Å²) in [6.45, 7) is -0.0583. The average molecular weight is 276 g/mol. The summed E-state index contributed by atoms with van der Waals surface area (Å²) in [6, 6.07) is 8.11. The van der Waals surface area contributed by atoms with Crippen LogP contribution in [0.1, 0.15) is 10.5 Å². The molecular weight excluding hydrogens is 264 g/mol. The van der Waals surface area contributed by atoms with Gasteiger partial charge in [-0.3, -0.25) is 4.79 Å². The summed E-state index contributed by atoms with van der Waals surface area (Å²) in [5, 5.41) is 17.4. The van der Waals surface area contributed by atoms with Crippen molar-refractivity contribution in [2.45, 2.75) is 0 Å². The number of oxime groups is 1. The van der Waals surface area contributed by atoms with Gasteiger partial charge in [0.15, 0.2) is 11.5 Å². The smallest absolute Gasteiger partial charge is 0.277 e. The van der Waals surface area contributed by atoms with Gasteiger partial charge in [-0.2, -0.15) is 0 Å². The van der Waals surface area contributed by atoms with Gasteiger partial charge in [-0.15, -0.1) is 0 Å². The largest absolute Gasteiger partial charge is 0.485 e. The van der Waals surface area contributed by atoms with Gasteiger partial charge in [0, 0.05) is 17.8 Å². The number of amides is 1. The molecule has 1 amide bonds. The van der Waals surface area contributed by atoms with E-state index in [1.807, 2.05) is 0 Å². The Bertz CT molecular complexity index is 610. The molecule has 0 aliphatic rings. The fourth-order valence-corrected chi connectivity index (χ4v) is 1.37. The molecule has 1 heterocycles. The summed E-state index contributed by atoms with van der Waals surface area (Å²) in [5.74, 6) is 0.0175. The van der Waals surface area contributed by atoms with Crippen molar-refractivity contribution in [2.75, 3.05) is 11.9 Å². The number of hydrogen-bond donors (Lipinski definition) is 3. The van der Waals surface area contributed by atoms with Gasteiger partial charge in [-0.1, -0.05) is 16.4 Å². The van der Waals surface area contributed by atoms with Crippen LogP contribution in [0.15, 0.2) is 46.3 Å². The molecule has 0 radical (unpaired) electrons. The van der Waals surface area contributed by atoms with E-state index in [0.717, 1.165) is 0 Å². The molecule has 0 fully saturated rings. The highest BCUT2D eigenvalue weighted by Gasteiger charge is 2.09. The molecule has 20 heavy (non-hydrogen) atoms. The Hall–Kier alpha value is -3.03. The number of nitrogens with zero attached hydrogens (tertiary/aromatic N) is 2. The molecule has 8 heteroatoms. The normalized spacial score (nSPS) is 11.1. The quantitative estimate of drug-likeness (QED) is 0.324. The highest BCUT2D eigenvalue weighted by Crippen LogP contribution is 2.17. The van der Waals surface area contributed by atoms with Crippen LogP contribution in [0.4, 0.5) is 5.69 Å². The molecule has 1 aromatic carbocycles. The number of rotatable bonds is 5. The molecule has 8 nitrogen and oxygen atoms in total. The van der Waals surface area contributed by atoms with E-state index in [2.05, 4.69) is 20.2 Å². The predicted octanol–water partition coefficient (Wildman–Crippen LogP) is 1.05. The average Bonchev–Trinajstić information content (AvgIpc) is 2.99. The molecule has 0 aliphatic heterocycles. The second kappa shape index (κ2) is 6.23. The molecular formula is C12H12N4O4. The monoisotopic (exact) mass is 276 g/mol. The predicted molar refractivity (Wildman–Crippen MR) is 69.8 cm³/mol. The molecule has 0 saturated carbocycles. The number of anilines is 1. The van der Waals surface area contributed by atoms with Gasteiger partial charge in [-0.25, -0.2) is 0 Å². The number of carbonyl (C=O) groups excluding carboxylic acids is 1. The van der Waals surface area contributed by atoms with Gasteiger partial charge < -0.3 is 25.5 Å². The van der Waals surface area contributed by atoms with E-state index < -0.39 is 5.91 Å². The zero-order valence-corrected chi connectivity index (χ0v) is 10.3. The first-order valence-electron chi connectivity index (χ1n) is 5.60. The van der Waals surface area contributed by atoms with Crippen LogP contribution in [-0.2, 0) is 0 Å². The van der Waals surface area contributed by atoms with E-state index >= 15 is 0 Å². The highest BCUT2D eigenvalue weighted by atomic mass is 16.5. The number of amidine groups is 1. The van der Waals surface area contributed by atoms with Crippen molar-refractivity contribution in [2.24, 2.45) is 10.9 Å². The Morgan fingerprint density at radius 3 is 3.05 bits per heavy atom. The van der Waals surface area contributed by atoms with Crippen molar-refractivity contribution in [3.8, 4) is 5.75 Å². The Morgan fingerprint density at radius 1 is 1.50 bits per heavy atom. The van der Waals surface area contributed by atoms with E-state index in [1.165, 1.54) is 12.3 Å². The zero-order chi connectivity index (χ0) is 14.4. The van der Waals surface area contributed by atoms with Crippen LogP contribution in [0, 0.1) is 0 Å². The molecule has 2 aromatic rings. The number of nitrogens with two attached hydrogens (primary N) is 1. The molecule has 104 valence electrons. The number of ether oxygens (including phenoxy) is 1. The lowest BCUT2D eigenvalue weighted by atomic mass is 10.3. The summed E-state index contributed by atoms with van der Waals surface area (Å²) >= 11 is 0. The van der Waals surface area contributed by atoms with Crippen LogP contribution in [0.2, 0.25) is 0 Å². The van der Waals surface area contributed by atoms with Crippen molar-refractivity contribution >= 4 is 17.4 Å². The second-order valence-electron chi connectivity index (χ2n) is 3.75. The third-order valence-corrected chi connectivity index (χ3v) is 2.28. The molecule has 0 bridgehead atoms. The van der Waals surface area contributed by atoms with Crippen LogP contribution in [0.25, 0.3) is 0 Å². The molecule has 0 spiro atoms. The van der Waals surface area contributed by atoms with E-state index in [4.69, 9.17) is 15.7 Å². The maximum atomic E-state index is 11.8. The minimum Gasteiger partial charge on any atom is -0.485 e. The van der Waals surface area contributed by atoms with E-state index in [0.29, 0.717) is 11.4 Å². The van der Waals surface area contributed by atoms with Crippen molar-refractivity contribution in [3.63, 3.8) is 0 Å². The third kappa shape index (κ3) is 3.48. The number of carbonyl (C=O) groups is 1. The van der Waals surface area contributed by atoms with Crippen LogP contribution in [0.3, 0.4) is 0 Å².